The van der Waals surface area contributed by atoms with E-state index >= 15 is 0 Å². The van der Waals surface area contributed by atoms with Gasteiger partial charge in [0.25, 0.3) is 5.56 Å². The van der Waals surface area contributed by atoms with Crippen LogP contribution < -0.4 is 10.3 Å². The summed E-state index contributed by atoms with van der Waals surface area (Å²) in [5.41, 5.74) is -0.438. The van der Waals surface area contributed by atoms with Crippen molar-refractivity contribution in [2.75, 3.05) is 6.61 Å². The van der Waals surface area contributed by atoms with E-state index < -0.39 is 42.0 Å². The fraction of sp³-hybridized carbons (Fsp3) is 0.538. The molecule has 1 aromatic heterocycles. The van der Waals surface area contributed by atoms with E-state index in [9.17, 15) is 14.4 Å². The van der Waals surface area contributed by atoms with Crippen LogP contribution in [-0.2, 0) is 23.8 Å². The van der Waals surface area contributed by atoms with E-state index in [1.165, 1.54) is 30.7 Å². The van der Waals surface area contributed by atoms with E-state index in [4.69, 9.17) is 18.9 Å². The van der Waals surface area contributed by atoms with Gasteiger partial charge in [0.1, 0.15) is 12.7 Å². The minimum atomic E-state index is -0.765. The van der Waals surface area contributed by atoms with E-state index in [-0.39, 0.29) is 12.6 Å². The van der Waals surface area contributed by atoms with Gasteiger partial charge in [0.2, 0.25) is 0 Å². The van der Waals surface area contributed by atoms with Crippen LogP contribution in [0.5, 0.6) is 6.01 Å². The van der Waals surface area contributed by atoms with Crippen molar-refractivity contribution in [3.63, 3.8) is 0 Å². The second-order valence-corrected chi connectivity index (χ2v) is 4.98. The van der Waals surface area contributed by atoms with Gasteiger partial charge in [-0.2, -0.15) is 4.98 Å². The van der Waals surface area contributed by atoms with Gasteiger partial charge < -0.3 is 18.9 Å². The van der Waals surface area contributed by atoms with Crippen LogP contribution in [0.1, 0.15) is 20.1 Å². The first kappa shape index (κ1) is 14.5. The minimum absolute atomic E-state index is 0.0629. The number of nitrogens with zero attached hydrogens (tertiary/aromatic N) is 2. The van der Waals surface area contributed by atoms with Gasteiger partial charge in [-0.25, -0.2) is 0 Å². The largest absolute Gasteiger partial charge is 0.463 e. The van der Waals surface area contributed by atoms with Gasteiger partial charge >= 0.3 is 17.9 Å². The molecule has 0 saturated carbocycles. The van der Waals surface area contributed by atoms with Gasteiger partial charge in [0.15, 0.2) is 18.4 Å². The molecule has 1 fully saturated rings. The molecule has 3 heterocycles. The summed E-state index contributed by atoms with van der Waals surface area (Å²) in [7, 11) is 0. The molecule has 0 amide bonds. The molecule has 0 radical (unpaired) electrons. The summed E-state index contributed by atoms with van der Waals surface area (Å²) < 4.78 is 23.0. The van der Waals surface area contributed by atoms with Crippen molar-refractivity contribution in [3.8, 4) is 6.01 Å². The Morgan fingerprint density at radius 3 is 2.82 bits per heavy atom. The molecule has 2 aliphatic heterocycles. The third kappa shape index (κ3) is 2.54. The smallest absolute Gasteiger partial charge is 0.303 e. The van der Waals surface area contributed by atoms with Crippen LogP contribution in [0.3, 0.4) is 0 Å². The third-order valence-corrected chi connectivity index (χ3v) is 3.36. The number of carbonyl (C=O) groups is 2. The molecule has 3 rings (SSSR count). The maximum Gasteiger partial charge on any atom is 0.303 e. The molecular weight excluding hydrogens is 296 g/mol. The summed E-state index contributed by atoms with van der Waals surface area (Å²) in [6.07, 6.45) is -1.19. The maximum absolute atomic E-state index is 11.3. The average Bonchev–Trinajstić information content (AvgIpc) is 2.92. The zero-order chi connectivity index (χ0) is 15.9. The van der Waals surface area contributed by atoms with Crippen LogP contribution in [0.4, 0.5) is 0 Å². The summed E-state index contributed by atoms with van der Waals surface area (Å²) in [4.78, 5) is 37.2. The highest BCUT2D eigenvalue weighted by molar-refractivity contribution is 5.66. The predicted molar refractivity (Wildman–Crippen MR) is 69.0 cm³/mol. The highest BCUT2D eigenvalue weighted by Crippen LogP contribution is 2.40. The van der Waals surface area contributed by atoms with Crippen LogP contribution >= 0.6 is 0 Å². The molecule has 9 heteroatoms. The Balaban J connectivity index is 1.84. The summed E-state index contributed by atoms with van der Waals surface area (Å²) >= 11 is 0. The van der Waals surface area contributed by atoms with Gasteiger partial charge in [-0.05, 0) is 0 Å². The van der Waals surface area contributed by atoms with Gasteiger partial charge in [-0.3, -0.25) is 19.0 Å². The molecule has 0 aromatic carbocycles. The molecule has 0 N–H and O–H groups in total. The summed E-state index contributed by atoms with van der Waals surface area (Å²) in [6, 6.07) is 1.38. The van der Waals surface area contributed by atoms with Gasteiger partial charge in [-0.1, -0.05) is 0 Å². The summed E-state index contributed by atoms with van der Waals surface area (Å²) in [6.45, 7) is 2.48. The van der Waals surface area contributed by atoms with Crippen LogP contribution in [0, 0.1) is 0 Å². The number of carbonyl (C=O) groups excluding carboxylic acids is 2. The molecular formula is C13H14N2O7. The molecule has 22 heavy (non-hydrogen) atoms. The quantitative estimate of drug-likeness (QED) is 0.681. The summed E-state index contributed by atoms with van der Waals surface area (Å²) in [5.74, 6) is -0.974. The van der Waals surface area contributed by atoms with Gasteiger partial charge in [0, 0.05) is 26.1 Å². The fourth-order valence-corrected chi connectivity index (χ4v) is 2.52. The SMILES string of the molecule is CC(=O)OC[C@H]1O[C@@H]2[C@H](Oc3nc(=O)ccn32)[C@@H]1OC(C)=O. The Labute approximate surface area is 124 Å². The standard InChI is InChI=1S/C13H14N2O7/c1-6(16)19-5-8-10(20-7(2)17)11-12(21-8)15-4-3-9(18)14-13(15)22-11/h3-4,8,10-12H,5H2,1-2H3/t8-,10-,11-,12-/m1/s1. The molecule has 0 unspecified atom stereocenters. The maximum atomic E-state index is 11.3. The van der Waals surface area contributed by atoms with E-state index in [2.05, 4.69) is 4.98 Å². The second-order valence-electron chi connectivity index (χ2n) is 4.98. The average molecular weight is 310 g/mol. The number of fused-ring (bicyclic) bond motifs is 3. The molecule has 9 nitrogen and oxygen atoms in total. The highest BCUT2D eigenvalue weighted by atomic mass is 16.7. The molecule has 0 spiro atoms. The Morgan fingerprint density at radius 2 is 2.14 bits per heavy atom. The van der Waals surface area contributed by atoms with Crippen LogP contribution in [-0.4, -0.2) is 46.4 Å². The van der Waals surface area contributed by atoms with Gasteiger partial charge in [0.05, 0.1) is 0 Å². The number of hydrogen-bond donors (Lipinski definition) is 0. The van der Waals surface area contributed by atoms with Crippen LogP contribution in [0.15, 0.2) is 17.1 Å². The first-order chi connectivity index (χ1) is 10.5. The van der Waals surface area contributed by atoms with Crippen molar-refractivity contribution < 1.29 is 28.5 Å². The molecule has 2 aliphatic rings. The molecule has 4 atom stereocenters. The lowest BCUT2D eigenvalue weighted by Gasteiger charge is -2.20. The Kier molecular flexibility index (Phi) is 3.57. The molecule has 1 aromatic rings. The monoisotopic (exact) mass is 310 g/mol. The normalized spacial score (nSPS) is 28.5. The number of rotatable bonds is 3. The first-order valence-corrected chi connectivity index (χ1v) is 6.67. The van der Waals surface area contributed by atoms with E-state index in [1.807, 2.05) is 0 Å². The van der Waals surface area contributed by atoms with E-state index in [1.54, 1.807) is 0 Å². The van der Waals surface area contributed by atoms with Crippen molar-refractivity contribution in [2.24, 2.45) is 0 Å². The number of ether oxygens (including phenoxy) is 4. The predicted octanol–water partition coefficient (Wildman–Crippen LogP) is -0.604. The Hall–Kier alpha value is -2.42. The first-order valence-electron chi connectivity index (χ1n) is 6.67. The Morgan fingerprint density at radius 1 is 1.36 bits per heavy atom. The fourth-order valence-electron chi connectivity index (χ4n) is 2.52. The van der Waals surface area contributed by atoms with Crippen LogP contribution in [0.2, 0.25) is 0 Å². The topological polar surface area (TPSA) is 106 Å². The number of aromatic nitrogens is 2. The van der Waals surface area contributed by atoms with Crippen molar-refractivity contribution in [1.29, 1.82) is 0 Å². The molecule has 0 bridgehead atoms. The minimum Gasteiger partial charge on any atom is -0.463 e. The summed E-state index contributed by atoms with van der Waals surface area (Å²) in [5, 5.41) is 0. The van der Waals surface area contributed by atoms with Crippen molar-refractivity contribution >= 4 is 11.9 Å². The molecule has 0 aliphatic carbocycles. The van der Waals surface area contributed by atoms with E-state index in [0.29, 0.717) is 0 Å². The number of hydrogen-bond acceptors (Lipinski definition) is 8. The lowest BCUT2D eigenvalue weighted by atomic mass is 10.1. The zero-order valence-electron chi connectivity index (χ0n) is 11.9. The van der Waals surface area contributed by atoms with Crippen molar-refractivity contribution in [2.45, 2.75) is 38.4 Å². The van der Waals surface area contributed by atoms with Crippen LogP contribution in [0.25, 0.3) is 0 Å². The molecule has 1 saturated heterocycles. The van der Waals surface area contributed by atoms with Gasteiger partial charge in [-0.15, -0.1) is 0 Å². The van der Waals surface area contributed by atoms with E-state index in [0.717, 1.165) is 0 Å². The lowest BCUT2D eigenvalue weighted by molar-refractivity contribution is -0.157. The van der Waals surface area contributed by atoms with Crippen molar-refractivity contribution in [1.82, 2.24) is 9.55 Å². The number of esters is 2. The highest BCUT2D eigenvalue weighted by Gasteiger charge is 2.54. The second kappa shape index (κ2) is 5.41. The Bertz CT molecular complexity index is 671. The molecule has 118 valence electrons. The lowest BCUT2D eigenvalue weighted by Crippen LogP contribution is -2.39. The zero-order valence-corrected chi connectivity index (χ0v) is 11.9. The third-order valence-electron chi connectivity index (χ3n) is 3.36. The van der Waals surface area contributed by atoms with Crippen molar-refractivity contribution in [3.05, 3.63) is 22.6 Å².